The van der Waals surface area contributed by atoms with Gasteiger partial charge in [-0.05, 0) is 42.3 Å². The van der Waals surface area contributed by atoms with Crippen LogP contribution >= 0.6 is 46.3 Å². The molecule has 0 fully saturated rings. The van der Waals surface area contributed by atoms with Crippen molar-refractivity contribution in [2.45, 2.75) is 12.7 Å². The van der Waals surface area contributed by atoms with Crippen LogP contribution in [0.5, 0.6) is 0 Å². The van der Waals surface area contributed by atoms with Gasteiger partial charge in [-0.15, -0.1) is 11.8 Å². The maximum Gasteiger partial charge on any atom is 0.236 e. The van der Waals surface area contributed by atoms with Crippen molar-refractivity contribution in [2.24, 2.45) is 0 Å². The van der Waals surface area contributed by atoms with E-state index in [1.165, 1.54) is 28.7 Å². The Morgan fingerprint density at radius 2 is 2.04 bits per heavy atom. The summed E-state index contributed by atoms with van der Waals surface area (Å²) in [5.74, 6) is 0.995. The summed E-state index contributed by atoms with van der Waals surface area (Å²) in [5.41, 5.74) is 3.13. The van der Waals surface area contributed by atoms with Crippen molar-refractivity contribution in [3.8, 4) is 0 Å². The molecule has 1 amide bonds. The maximum atomic E-state index is 12.1. The van der Waals surface area contributed by atoms with Gasteiger partial charge >= 0.3 is 0 Å². The van der Waals surface area contributed by atoms with Crippen molar-refractivity contribution in [3.05, 3.63) is 57.6 Å². The zero-order chi connectivity index (χ0) is 17.1. The third kappa shape index (κ3) is 4.42. The zero-order valence-electron chi connectivity index (χ0n) is 12.8. The Morgan fingerprint density at radius 1 is 1.21 bits per heavy atom. The second kappa shape index (κ2) is 7.74. The molecule has 1 N–H and O–H groups in total. The van der Waals surface area contributed by atoms with Gasteiger partial charge in [-0.25, -0.2) is 4.98 Å². The van der Waals surface area contributed by atoms with Gasteiger partial charge in [0.15, 0.2) is 5.13 Å². The number of nitrogens with zero attached hydrogens (tertiary/aromatic N) is 1. The lowest BCUT2D eigenvalue weighted by Crippen LogP contribution is -2.13. The summed E-state index contributed by atoms with van der Waals surface area (Å²) in [5, 5.41) is 4.56. The van der Waals surface area contributed by atoms with E-state index in [0.29, 0.717) is 26.7 Å². The smallest absolute Gasteiger partial charge is 0.236 e. The number of thioether (sulfide) groups is 1. The minimum atomic E-state index is -0.0594. The lowest BCUT2D eigenvalue weighted by atomic mass is 10.2. The monoisotopic (exact) mass is 396 g/mol. The molecule has 0 atom stereocenters. The first-order valence-electron chi connectivity index (χ1n) is 7.20. The minimum absolute atomic E-state index is 0.0594. The van der Waals surface area contributed by atoms with Crippen molar-refractivity contribution < 1.29 is 4.79 Å². The van der Waals surface area contributed by atoms with Gasteiger partial charge in [0, 0.05) is 5.75 Å². The van der Waals surface area contributed by atoms with Gasteiger partial charge in [-0.1, -0.05) is 46.7 Å². The Balaban J connectivity index is 1.53. The van der Waals surface area contributed by atoms with Crippen LogP contribution in [0.4, 0.5) is 5.13 Å². The molecule has 0 saturated carbocycles. The molecule has 0 saturated heterocycles. The molecule has 3 nitrogen and oxygen atoms in total. The fraction of sp³-hybridized carbons (Fsp3) is 0.176. The summed E-state index contributed by atoms with van der Waals surface area (Å²) < 4.78 is 1.08. The number of aromatic nitrogens is 1. The Morgan fingerprint density at radius 3 is 2.83 bits per heavy atom. The number of aryl methyl sites for hydroxylation is 1. The van der Waals surface area contributed by atoms with Crippen LogP contribution < -0.4 is 5.32 Å². The van der Waals surface area contributed by atoms with Crippen LogP contribution in [-0.4, -0.2) is 16.6 Å². The van der Waals surface area contributed by atoms with Gasteiger partial charge < -0.3 is 5.32 Å². The number of benzene rings is 2. The van der Waals surface area contributed by atoms with Crippen molar-refractivity contribution in [2.75, 3.05) is 11.1 Å². The number of carbonyl (C=O) groups excluding carboxylic acids is 1. The standard InChI is InChI=1S/C17H14Cl2N2OS2/c1-10-2-5-14-15(6-10)24-17(20-14)21-16(22)9-23-8-11-3-4-12(18)13(19)7-11/h2-7H,8-9H2,1H3,(H,20,21,22). The van der Waals surface area contributed by atoms with Gasteiger partial charge in [0.2, 0.25) is 5.91 Å². The molecule has 1 heterocycles. The Labute approximate surface area is 158 Å². The van der Waals surface area contributed by atoms with E-state index in [9.17, 15) is 4.79 Å². The number of thiazole rings is 1. The van der Waals surface area contributed by atoms with Crippen molar-refractivity contribution >= 4 is 67.6 Å². The third-order valence-corrected chi connectivity index (χ3v) is 5.95. The summed E-state index contributed by atoms with van der Waals surface area (Å²) in [6, 6.07) is 11.6. The number of rotatable bonds is 5. The topological polar surface area (TPSA) is 42.0 Å². The van der Waals surface area contributed by atoms with E-state index in [-0.39, 0.29) is 5.91 Å². The van der Waals surface area contributed by atoms with Gasteiger partial charge in [-0.3, -0.25) is 4.79 Å². The second-order valence-electron chi connectivity index (χ2n) is 5.28. The molecule has 0 bridgehead atoms. The van der Waals surface area contributed by atoms with Crippen LogP contribution in [-0.2, 0) is 10.5 Å². The predicted octanol–water partition coefficient (Wildman–Crippen LogP) is 5.78. The number of halogens is 2. The number of anilines is 1. The summed E-state index contributed by atoms with van der Waals surface area (Å²) >= 11 is 14.9. The average Bonchev–Trinajstić information content (AvgIpc) is 2.92. The molecule has 0 spiro atoms. The van der Waals surface area contributed by atoms with Crippen LogP contribution in [0.15, 0.2) is 36.4 Å². The lowest BCUT2D eigenvalue weighted by Gasteiger charge is -2.04. The molecule has 7 heteroatoms. The van der Waals surface area contributed by atoms with Crippen LogP contribution in [0.3, 0.4) is 0 Å². The van der Waals surface area contributed by atoms with Gasteiger partial charge in [0.1, 0.15) is 0 Å². The summed E-state index contributed by atoms with van der Waals surface area (Å²) in [6.45, 7) is 2.04. The van der Waals surface area contributed by atoms with Crippen molar-refractivity contribution in [1.82, 2.24) is 4.98 Å². The molecular formula is C17H14Cl2N2OS2. The Hall–Kier alpha value is -1.27. The van der Waals surface area contributed by atoms with E-state index < -0.39 is 0 Å². The van der Waals surface area contributed by atoms with Crippen LogP contribution in [0.25, 0.3) is 10.2 Å². The highest BCUT2D eigenvalue weighted by Gasteiger charge is 2.08. The average molecular weight is 397 g/mol. The fourth-order valence-electron chi connectivity index (χ4n) is 2.13. The third-order valence-electron chi connectivity index (χ3n) is 3.28. The van der Waals surface area contributed by atoms with Crippen LogP contribution in [0.2, 0.25) is 10.0 Å². The normalized spacial score (nSPS) is 11.0. The number of hydrogen-bond donors (Lipinski definition) is 1. The molecular weight excluding hydrogens is 383 g/mol. The Kier molecular flexibility index (Phi) is 5.66. The van der Waals surface area contributed by atoms with E-state index in [0.717, 1.165) is 15.8 Å². The molecule has 3 rings (SSSR count). The fourth-order valence-corrected chi connectivity index (χ4v) is 4.21. The van der Waals surface area contributed by atoms with Crippen LogP contribution in [0.1, 0.15) is 11.1 Å². The van der Waals surface area contributed by atoms with E-state index in [1.54, 1.807) is 6.07 Å². The molecule has 124 valence electrons. The highest BCUT2D eigenvalue weighted by Crippen LogP contribution is 2.27. The second-order valence-corrected chi connectivity index (χ2v) is 8.11. The number of nitrogens with one attached hydrogen (secondary N) is 1. The first-order valence-corrected chi connectivity index (χ1v) is 9.93. The molecule has 24 heavy (non-hydrogen) atoms. The molecule has 0 aliphatic carbocycles. The van der Waals surface area contributed by atoms with E-state index in [2.05, 4.69) is 16.4 Å². The summed E-state index contributed by atoms with van der Waals surface area (Å²) in [7, 11) is 0. The number of fused-ring (bicyclic) bond motifs is 1. The Bertz CT molecular complexity index is 895. The van der Waals surface area contributed by atoms with Gasteiger partial charge in [-0.2, -0.15) is 0 Å². The van der Waals surface area contributed by atoms with Crippen LogP contribution in [0, 0.1) is 6.92 Å². The van der Waals surface area contributed by atoms with E-state index >= 15 is 0 Å². The molecule has 1 aromatic heterocycles. The molecule has 3 aromatic rings. The summed E-state index contributed by atoms with van der Waals surface area (Å²) in [4.78, 5) is 16.5. The summed E-state index contributed by atoms with van der Waals surface area (Å²) in [6.07, 6.45) is 0. The molecule has 0 aliphatic heterocycles. The number of carbonyl (C=O) groups is 1. The van der Waals surface area contributed by atoms with E-state index in [1.807, 2.05) is 31.2 Å². The quantitative estimate of drug-likeness (QED) is 0.593. The molecule has 2 aromatic carbocycles. The van der Waals surface area contributed by atoms with Crippen molar-refractivity contribution in [1.29, 1.82) is 0 Å². The zero-order valence-corrected chi connectivity index (χ0v) is 16.0. The lowest BCUT2D eigenvalue weighted by molar-refractivity contribution is -0.113. The number of amides is 1. The molecule has 0 unspecified atom stereocenters. The number of hydrogen-bond acceptors (Lipinski definition) is 4. The first kappa shape index (κ1) is 17.5. The van der Waals surface area contributed by atoms with E-state index in [4.69, 9.17) is 23.2 Å². The molecule has 0 radical (unpaired) electrons. The highest BCUT2D eigenvalue weighted by molar-refractivity contribution is 7.99. The predicted molar refractivity (Wildman–Crippen MR) is 106 cm³/mol. The molecule has 0 aliphatic rings. The largest absolute Gasteiger partial charge is 0.301 e. The highest BCUT2D eigenvalue weighted by atomic mass is 35.5. The first-order chi connectivity index (χ1) is 11.5. The van der Waals surface area contributed by atoms with Crippen molar-refractivity contribution in [3.63, 3.8) is 0 Å². The minimum Gasteiger partial charge on any atom is -0.301 e. The van der Waals surface area contributed by atoms with Gasteiger partial charge in [0.25, 0.3) is 0 Å². The maximum absolute atomic E-state index is 12.1. The van der Waals surface area contributed by atoms with Gasteiger partial charge in [0.05, 0.1) is 26.0 Å². The SMILES string of the molecule is Cc1ccc2nc(NC(=O)CSCc3ccc(Cl)c(Cl)c3)sc2c1.